The molecule has 21 heavy (non-hydrogen) atoms. The van der Waals surface area contributed by atoms with Crippen molar-refractivity contribution in [1.29, 1.82) is 0 Å². The molecule has 3 N–H and O–H groups in total. The van der Waals surface area contributed by atoms with Crippen LogP contribution < -0.4 is 10.6 Å². The Balaban J connectivity index is 1.95. The number of hydrogen-bond donors (Lipinski definition) is 3. The van der Waals surface area contributed by atoms with E-state index in [1.165, 1.54) is 12.1 Å². The number of aromatic hydroxyl groups is 1. The van der Waals surface area contributed by atoms with Crippen molar-refractivity contribution in [2.75, 3.05) is 16.8 Å². The van der Waals surface area contributed by atoms with Crippen molar-refractivity contribution in [3.63, 3.8) is 0 Å². The van der Waals surface area contributed by atoms with Crippen LogP contribution in [0.3, 0.4) is 0 Å². The highest BCUT2D eigenvalue weighted by molar-refractivity contribution is 7.91. The Hall–Kier alpha value is -2.09. The first-order valence-corrected chi connectivity index (χ1v) is 8.21. The molecule has 1 atom stereocenters. The second-order valence-electron chi connectivity index (χ2n) is 5.05. The van der Waals surface area contributed by atoms with Gasteiger partial charge in [-0.05, 0) is 31.0 Å². The number of rotatable bonds is 2. The lowest BCUT2D eigenvalue weighted by Crippen LogP contribution is -2.42. The normalized spacial score (nSPS) is 20.0. The van der Waals surface area contributed by atoms with Crippen LogP contribution in [0.25, 0.3) is 0 Å². The van der Waals surface area contributed by atoms with Crippen molar-refractivity contribution in [1.82, 2.24) is 5.32 Å². The molecule has 0 saturated carbocycles. The van der Waals surface area contributed by atoms with Crippen molar-refractivity contribution in [3.8, 4) is 5.75 Å². The van der Waals surface area contributed by atoms with E-state index in [2.05, 4.69) is 10.6 Å². The Kier molecular flexibility index (Phi) is 4.17. The van der Waals surface area contributed by atoms with Gasteiger partial charge in [0.1, 0.15) is 5.75 Å². The third kappa shape index (κ3) is 3.94. The van der Waals surface area contributed by atoms with E-state index in [0.717, 1.165) is 5.56 Å². The Morgan fingerprint density at radius 2 is 2.00 bits per heavy atom. The number of phenols is 1. The quantitative estimate of drug-likeness (QED) is 0.523. The molecule has 1 heterocycles. The standard InChI is InChI=1S/C13H16N2O5S/c1-8-2-3-10(11(16)6-8)15-13(18)12(17)14-9-4-5-21(19,20)7-9/h2-3,6,9,16H,4-5,7H2,1H3,(H,14,17)(H,15,18). The molecule has 1 aliphatic rings. The van der Waals surface area contributed by atoms with Gasteiger partial charge in [0.25, 0.3) is 0 Å². The monoisotopic (exact) mass is 312 g/mol. The van der Waals surface area contributed by atoms with Crippen LogP contribution in [-0.2, 0) is 19.4 Å². The Labute approximate surface area is 122 Å². The first kappa shape index (κ1) is 15.3. The zero-order valence-electron chi connectivity index (χ0n) is 11.4. The molecule has 1 aromatic carbocycles. The average Bonchev–Trinajstić information content (AvgIpc) is 2.72. The summed E-state index contributed by atoms with van der Waals surface area (Å²) in [5.41, 5.74) is 0.936. The minimum atomic E-state index is -3.12. The summed E-state index contributed by atoms with van der Waals surface area (Å²) in [6.45, 7) is 1.78. The van der Waals surface area contributed by atoms with Crippen molar-refractivity contribution in [2.45, 2.75) is 19.4 Å². The summed E-state index contributed by atoms with van der Waals surface area (Å²) in [4.78, 5) is 23.4. The number of carbonyl (C=O) groups is 2. The number of anilines is 1. The lowest BCUT2D eigenvalue weighted by molar-refractivity contribution is -0.136. The zero-order valence-corrected chi connectivity index (χ0v) is 12.2. The van der Waals surface area contributed by atoms with E-state index < -0.39 is 27.7 Å². The molecule has 1 aromatic rings. The number of sulfone groups is 1. The Morgan fingerprint density at radius 1 is 1.29 bits per heavy atom. The van der Waals surface area contributed by atoms with E-state index in [4.69, 9.17) is 0 Å². The summed E-state index contributed by atoms with van der Waals surface area (Å²) in [6, 6.07) is 4.07. The molecule has 1 fully saturated rings. The lowest BCUT2D eigenvalue weighted by Gasteiger charge is -2.11. The third-order valence-electron chi connectivity index (χ3n) is 3.18. The van der Waals surface area contributed by atoms with Crippen LogP contribution in [0, 0.1) is 6.92 Å². The van der Waals surface area contributed by atoms with Gasteiger partial charge in [-0.2, -0.15) is 0 Å². The van der Waals surface area contributed by atoms with Crippen LogP contribution in [0.2, 0.25) is 0 Å². The summed E-state index contributed by atoms with van der Waals surface area (Å²) >= 11 is 0. The molecule has 8 heteroatoms. The summed E-state index contributed by atoms with van der Waals surface area (Å²) < 4.78 is 22.5. The second kappa shape index (κ2) is 5.72. The van der Waals surface area contributed by atoms with Gasteiger partial charge in [0.2, 0.25) is 0 Å². The van der Waals surface area contributed by atoms with Gasteiger partial charge < -0.3 is 15.7 Å². The molecule has 0 aromatic heterocycles. The van der Waals surface area contributed by atoms with E-state index in [9.17, 15) is 23.1 Å². The fourth-order valence-corrected chi connectivity index (χ4v) is 3.76. The van der Waals surface area contributed by atoms with E-state index >= 15 is 0 Å². The average molecular weight is 312 g/mol. The lowest BCUT2D eigenvalue weighted by atomic mass is 10.2. The predicted molar refractivity (Wildman–Crippen MR) is 76.7 cm³/mol. The van der Waals surface area contributed by atoms with E-state index in [0.29, 0.717) is 6.42 Å². The van der Waals surface area contributed by atoms with E-state index in [-0.39, 0.29) is 22.9 Å². The minimum absolute atomic E-state index is 0.0122. The van der Waals surface area contributed by atoms with Gasteiger partial charge in [-0.25, -0.2) is 8.42 Å². The summed E-state index contributed by atoms with van der Waals surface area (Å²) in [5, 5.41) is 14.3. The van der Waals surface area contributed by atoms with Crippen LogP contribution in [0.15, 0.2) is 18.2 Å². The first-order valence-electron chi connectivity index (χ1n) is 6.39. The Bertz CT molecular complexity index is 684. The van der Waals surface area contributed by atoms with Gasteiger partial charge in [0.15, 0.2) is 9.84 Å². The molecule has 0 aliphatic carbocycles. The number of benzene rings is 1. The zero-order chi connectivity index (χ0) is 15.6. The van der Waals surface area contributed by atoms with Gasteiger partial charge in [-0.1, -0.05) is 6.07 Å². The molecule has 0 bridgehead atoms. The molecule has 2 rings (SSSR count). The van der Waals surface area contributed by atoms with Crippen molar-refractivity contribution in [3.05, 3.63) is 23.8 Å². The number of hydrogen-bond acceptors (Lipinski definition) is 5. The van der Waals surface area contributed by atoms with Crippen LogP contribution in [0.5, 0.6) is 5.75 Å². The highest BCUT2D eigenvalue weighted by atomic mass is 32.2. The number of aryl methyl sites for hydroxylation is 1. The van der Waals surface area contributed by atoms with Gasteiger partial charge in [0.05, 0.1) is 17.2 Å². The highest BCUT2D eigenvalue weighted by Crippen LogP contribution is 2.23. The van der Waals surface area contributed by atoms with Crippen molar-refractivity contribution < 1.29 is 23.1 Å². The Morgan fingerprint density at radius 3 is 2.57 bits per heavy atom. The maximum atomic E-state index is 11.7. The maximum absolute atomic E-state index is 11.7. The predicted octanol–water partition coefficient (Wildman–Crippen LogP) is -0.0576. The van der Waals surface area contributed by atoms with Gasteiger partial charge in [-0.3, -0.25) is 9.59 Å². The van der Waals surface area contributed by atoms with E-state index in [1.54, 1.807) is 13.0 Å². The fraction of sp³-hybridized carbons (Fsp3) is 0.385. The van der Waals surface area contributed by atoms with E-state index in [1.807, 2.05) is 0 Å². The van der Waals surface area contributed by atoms with Gasteiger partial charge in [0, 0.05) is 6.04 Å². The summed E-state index contributed by atoms with van der Waals surface area (Å²) in [5.74, 6) is -2.14. The van der Waals surface area contributed by atoms with Crippen LogP contribution in [-0.4, -0.2) is 42.9 Å². The molecule has 7 nitrogen and oxygen atoms in total. The second-order valence-corrected chi connectivity index (χ2v) is 7.28. The van der Waals surface area contributed by atoms with Gasteiger partial charge in [-0.15, -0.1) is 0 Å². The number of amides is 2. The molecular weight excluding hydrogens is 296 g/mol. The third-order valence-corrected chi connectivity index (χ3v) is 4.94. The van der Waals surface area contributed by atoms with Crippen LogP contribution >= 0.6 is 0 Å². The summed E-state index contributed by atoms with van der Waals surface area (Å²) in [7, 11) is -3.12. The smallest absolute Gasteiger partial charge is 0.313 e. The summed E-state index contributed by atoms with van der Waals surface area (Å²) in [6.07, 6.45) is 0.303. The molecule has 1 saturated heterocycles. The van der Waals surface area contributed by atoms with Crippen molar-refractivity contribution in [2.24, 2.45) is 0 Å². The van der Waals surface area contributed by atoms with Crippen LogP contribution in [0.1, 0.15) is 12.0 Å². The number of nitrogens with one attached hydrogen (secondary N) is 2. The van der Waals surface area contributed by atoms with Gasteiger partial charge >= 0.3 is 11.8 Å². The molecule has 0 spiro atoms. The SMILES string of the molecule is Cc1ccc(NC(=O)C(=O)NC2CCS(=O)(=O)C2)c(O)c1. The molecule has 2 amide bonds. The fourth-order valence-electron chi connectivity index (χ4n) is 2.09. The molecule has 1 aliphatic heterocycles. The number of carbonyl (C=O) groups excluding carboxylic acids is 2. The molecule has 114 valence electrons. The molecular formula is C13H16N2O5S. The molecule has 1 unspecified atom stereocenters. The van der Waals surface area contributed by atoms with Crippen molar-refractivity contribution >= 4 is 27.3 Å². The molecule has 0 radical (unpaired) electrons. The largest absolute Gasteiger partial charge is 0.506 e. The number of phenolic OH excluding ortho intramolecular Hbond substituents is 1. The highest BCUT2D eigenvalue weighted by Gasteiger charge is 2.30. The first-order chi connectivity index (χ1) is 9.77. The topological polar surface area (TPSA) is 113 Å². The maximum Gasteiger partial charge on any atom is 0.313 e. The minimum Gasteiger partial charge on any atom is -0.506 e. The van der Waals surface area contributed by atoms with Crippen LogP contribution in [0.4, 0.5) is 5.69 Å².